The lowest BCUT2D eigenvalue weighted by molar-refractivity contribution is -0.133. The molecule has 5 atom stereocenters. The number of carbonyl (C=O) groups excluding carboxylic acids is 2. The number of likely N-dealkylation sites (tertiary alicyclic amines) is 1. The number of amides is 2. The van der Waals surface area contributed by atoms with Gasteiger partial charge in [-0.2, -0.15) is 0 Å². The van der Waals surface area contributed by atoms with E-state index in [1.54, 1.807) is 0 Å². The van der Waals surface area contributed by atoms with Crippen molar-refractivity contribution in [2.24, 2.45) is 0 Å². The van der Waals surface area contributed by atoms with Crippen LogP contribution in [0.15, 0.2) is 72.8 Å². The molecule has 3 aliphatic rings. The number of fused-ring (bicyclic) bond motifs is 5. The largest absolute Gasteiger partial charge is 0.493 e. The summed E-state index contributed by atoms with van der Waals surface area (Å²) in [7, 11) is 0. The van der Waals surface area contributed by atoms with E-state index in [1.165, 1.54) is 0 Å². The normalized spacial score (nSPS) is 27.0. The summed E-state index contributed by atoms with van der Waals surface area (Å²) >= 11 is 6.24. The van der Waals surface area contributed by atoms with Crippen molar-refractivity contribution in [3.8, 4) is 16.9 Å². The van der Waals surface area contributed by atoms with Crippen LogP contribution in [0, 0.1) is 0 Å². The summed E-state index contributed by atoms with van der Waals surface area (Å²) in [5.74, 6) is 0.133. The molecule has 0 unspecified atom stereocenters. The van der Waals surface area contributed by atoms with Crippen molar-refractivity contribution in [1.29, 1.82) is 0 Å². The summed E-state index contributed by atoms with van der Waals surface area (Å²) in [4.78, 5) is 29.2. The molecule has 0 saturated carbocycles. The van der Waals surface area contributed by atoms with Gasteiger partial charge in [0.1, 0.15) is 11.9 Å². The Morgan fingerprint density at radius 1 is 0.952 bits per heavy atom. The Morgan fingerprint density at radius 3 is 2.64 bits per heavy atom. The van der Waals surface area contributed by atoms with Gasteiger partial charge in [0.15, 0.2) is 0 Å². The Bertz CT molecular complexity index is 1420. The van der Waals surface area contributed by atoms with Gasteiger partial charge >= 0.3 is 0 Å². The quantitative estimate of drug-likeness (QED) is 0.424. The second kappa shape index (κ2) is 12.8. The van der Waals surface area contributed by atoms with Gasteiger partial charge in [0.2, 0.25) is 5.91 Å². The zero-order valence-electron chi connectivity index (χ0n) is 23.4. The van der Waals surface area contributed by atoms with Crippen molar-refractivity contribution in [2.75, 3.05) is 19.7 Å². The fourth-order valence-electron chi connectivity index (χ4n) is 6.19. The van der Waals surface area contributed by atoms with E-state index in [4.69, 9.17) is 21.1 Å². The van der Waals surface area contributed by atoms with Crippen molar-refractivity contribution >= 4 is 23.4 Å². The Labute approximate surface area is 251 Å². The van der Waals surface area contributed by atoms with E-state index in [1.807, 2.05) is 72.8 Å². The monoisotopic (exact) mass is 589 g/mol. The number of hydrogen-bond donors (Lipinski definition) is 3. The molecule has 3 aromatic carbocycles. The van der Waals surface area contributed by atoms with Crippen LogP contribution in [-0.4, -0.2) is 71.9 Å². The van der Waals surface area contributed by atoms with Crippen LogP contribution in [-0.2, 0) is 16.1 Å². The molecule has 0 spiro atoms. The van der Waals surface area contributed by atoms with Crippen LogP contribution in [0.2, 0.25) is 5.02 Å². The first-order valence-corrected chi connectivity index (χ1v) is 15.0. The molecule has 4 bridgehead atoms. The molecule has 2 amide bonds. The minimum absolute atomic E-state index is 0.118. The van der Waals surface area contributed by atoms with Crippen LogP contribution in [0.4, 0.5) is 0 Å². The molecule has 42 heavy (non-hydrogen) atoms. The van der Waals surface area contributed by atoms with Crippen LogP contribution < -0.4 is 15.4 Å². The van der Waals surface area contributed by atoms with Gasteiger partial charge < -0.3 is 25.2 Å². The van der Waals surface area contributed by atoms with E-state index < -0.39 is 18.2 Å². The maximum Gasteiger partial charge on any atom is 0.255 e. The molecule has 8 nitrogen and oxygen atoms in total. The third kappa shape index (κ3) is 6.63. The van der Waals surface area contributed by atoms with Crippen LogP contribution >= 0.6 is 11.6 Å². The number of hydrogen-bond acceptors (Lipinski definition) is 6. The van der Waals surface area contributed by atoms with Crippen LogP contribution in [0.5, 0.6) is 5.75 Å². The predicted octanol–water partition coefficient (Wildman–Crippen LogP) is 4.19. The van der Waals surface area contributed by atoms with Gasteiger partial charge in [0, 0.05) is 37.1 Å². The van der Waals surface area contributed by atoms with Gasteiger partial charge in [-0.3, -0.25) is 14.5 Å². The minimum Gasteiger partial charge on any atom is -0.493 e. The van der Waals surface area contributed by atoms with Crippen LogP contribution in [0.25, 0.3) is 11.1 Å². The topological polar surface area (TPSA) is 100 Å². The molecular weight excluding hydrogens is 554 g/mol. The van der Waals surface area contributed by atoms with Gasteiger partial charge in [0.25, 0.3) is 5.91 Å². The van der Waals surface area contributed by atoms with Gasteiger partial charge in [-0.15, -0.1) is 0 Å². The van der Waals surface area contributed by atoms with Crippen molar-refractivity contribution in [3.05, 3.63) is 88.9 Å². The maximum absolute atomic E-state index is 13.7. The number of carbonyl (C=O) groups is 2. The summed E-state index contributed by atoms with van der Waals surface area (Å²) < 4.78 is 12.5. The van der Waals surface area contributed by atoms with Crippen LogP contribution in [0.3, 0.4) is 0 Å². The SMILES string of the molecule is O=C1N[C@H]2C[C@@H](C(=O)NC[C@H]3O[C@H](CCOc4cc(-c5ccccc5)ccc41)CC[C@@H]3O)N(Cc1cccc(Cl)c1)C2. The number of nitrogens with one attached hydrogen (secondary N) is 2. The zero-order valence-corrected chi connectivity index (χ0v) is 24.1. The number of nitrogens with zero attached hydrogens (tertiary/aromatic N) is 1. The fourth-order valence-corrected chi connectivity index (χ4v) is 6.41. The van der Waals surface area contributed by atoms with E-state index in [2.05, 4.69) is 15.5 Å². The first-order valence-electron chi connectivity index (χ1n) is 14.7. The lowest BCUT2D eigenvalue weighted by Crippen LogP contribution is -2.50. The summed E-state index contributed by atoms with van der Waals surface area (Å²) in [6.45, 7) is 1.59. The Morgan fingerprint density at radius 2 is 1.81 bits per heavy atom. The third-order valence-corrected chi connectivity index (χ3v) is 8.64. The summed E-state index contributed by atoms with van der Waals surface area (Å²) in [5, 5.41) is 17.4. The Hall–Kier alpha value is -3.43. The molecule has 2 fully saturated rings. The summed E-state index contributed by atoms with van der Waals surface area (Å²) in [6, 6.07) is 22.5. The minimum atomic E-state index is -0.645. The number of benzene rings is 3. The summed E-state index contributed by atoms with van der Waals surface area (Å²) in [6.07, 6.45) is 1.09. The second-order valence-electron chi connectivity index (χ2n) is 11.4. The smallest absolute Gasteiger partial charge is 0.255 e. The number of aliphatic hydroxyl groups is 1. The molecule has 0 radical (unpaired) electrons. The molecule has 6 rings (SSSR count). The molecule has 3 aliphatic heterocycles. The molecule has 0 aliphatic carbocycles. The predicted molar refractivity (Wildman–Crippen MR) is 160 cm³/mol. The lowest BCUT2D eigenvalue weighted by atomic mass is 9.99. The summed E-state index contributed by atoms with van der Waals surface area (Å²) in [5.41, 5.74) is 3.43. The highest BCUT2D eigenvalue weighted by Gasteiger charge is 2.39. The molecule has 3 N–H and O–H groups in total. The number of ether oxygens (including phenoxy) is 2. The van der Waals surface area contributed by atoms with Gasteiger partial charge in [0.05, 0.1) is 30.4 Å². The molecule has 0 aromatic heterocycles. The van der Waals surface area contributed by atoms with Crippen molar-refractivity contribution in [1.82, 2.24) is 15.5 Å². The van der Waals surface area contributed by atoms with Crippen LogP contribution in [0.1, 0.15) is 41.6 Å². The van der Waals surface area contributed by atoms with Gasteiger partial charge in [-0.1, -0.05) is 60.1 Å². The Kier molecular flexibility index (Phi) is 8.76. The van der Waals surface area contributed by atoms with Gasteiger partial charge in [-0.25, -0.2) is 0 Å². The molecule has 9 heteroatoms. The Balaban J connectivity index is 1.29. The van der Waals surface area contributed by atoms with E-state index >= 15 is 0 Å². The fraction of sp³-hybridized carbons (Fsp3) is 0.394. The standard InChI is InChI=1S/C33H36ClN3O5/c34-24-8-4-5-21(15-24)19-37-20-25-17-28(37)33(40)35-18-31-29(38)12-10-26(42-31)13-14-41-30-16-23(22-6-2-1-3-7-22)9-11-27(30)32(39)36-25/h1-9,11,15-16,25-26,28-29,31,38H,10,12-14,17-20H2,(H,35,40)(H,36,39)/t25-,26-,28-,29-,31+/m0/s1. The maximum atomic E-state index is 13.7. The average molecular weight is 590 g/mol. The zero-order chi connectivity index (χ0) is 29.1. The first kappa shape index (κ1) is 28.7. The van der Waals surface area contributed by atoms with E-state index in [0.717, 1.165) is 16.7 Å². The van der Waals surface area contributed by atoms with E-state index in [0.29, 0.717) is 61.7 Å². The average Bonchev–Trinajstić information content (AvgIpc) is 3.38. The lowest BCUT2D eigenvalue weighted by Gasteiger charge is -2.34. The van der Waals surface area contributed by atoms with E-state index in [-0.39, 0.29) is 30.5 Å². The first-order chi connectivity index (χ1) is 20.4. The van der Waals surface area contributed by atoms with Crippen molar-refractivity contribution in [3.63, 3.8) is 0 Å². The highest BCUT2D eigenvalue weighted by atomic mass is 35.5. The number of aliphatic hydroxyl groups excluding tert-OH is 1. The second-order valence-corrected chi connectivity index (χ2v) is 11.8. The number of rotatable bonds is 3. The molecule has 2 saturated heterocycles. The number of halogens is 1. The molecular formula is C33H36ClN3O5. The van der Waals surface area contributed by atoms with Crippen molar-refractivity contribution in [2.45, 2.75) is 62.6 Å². The highest BCUT2D eigenvalue weighted by molar-refractivity contribution is 6.30. The van der Waals surface area contributed by atoms with Gasteiger partial charge in [-0.05, 0) is 60.2 Å². The highest BCUT2D eigenvalue weighted by Crippen LogP contribution is 2.30. The third-order valence-electron chi connectivity index (χ3n) is 8.41. The molecule has 3 heterocycles. The van der Waals surface area contributed by atoms with E-state index in [9.17, 15) is 14.7 Å². The molecule has 3 aromatic rings. The molecule has 220 valence electrons. The van der Waals surface area contributed by atoms with Crippen molar-refractivity contribution < 1.29 is 24.2 Å².